The molecule has 2 rings (SSSR count). The maximum Gasteiger partial charge on any atom is 0.327 e. The number of methoxy groups -OCH3 is 1. The number of esters is 1. The topological polar surface area (TPSA) is 81.9 Å². The molecule has 1 unspecified atom stereocenters. The van der Waals surface area contributed by atoms with Crippen molar-refractivity contribution in [3.05, 3.63) is 30.1 Å². The first-order valence-electron chi connectivity index (χ1n) is 5.81. The minimum absolute atomic E-state index is 0.316. The molecule has 0 aliphatic heterocycles. The Hall–Kier alpha value is -2.44. The number of ether oxygens (including phenoxy) is 1. The molecule has 1 atom stereocenters. The smallest absolute Gasteiger partial charge is 0.327 e. The van der Waals surface area contributed by atoms with Crippen molar-refractivity contribution in [2.24, 2.45) is 0 Å². The summed E-state index contributed by atoms with van der Waals surface area (Å²) in [5.41, 5.74) is 1.62. The number of rotatable bonds is 4. The maximum atomic E-state index is 11.4. The highest BCUT2D eigenvalue weighted by molar-refractivity contribution is 5.78. The number of anilines is 1. The van der Waals surface area contributed by atoms with Crippen LogP contribution < -0.4 is 5.32 Å². The van der Waals surface area contributed by atoms with Crippen LogP contribution in [-0.2, 0) is 9.53 Å². The molecule has 0 radical (unpaired) electrons. The maximum absolute atomic E-state index is 11.4. The second-order valence-corrected chi connectivity index (χ2v) is 4.08. The SMILES string of the molecule is COC(=O)C(C)Nc1cccc(-n2nnnc2C)c1. The fourth-order valence-electron chi connectivity index (χ4n) is 1.68. The van der Waals surface area contributed by atoms with E-state index >= 15 is 0 Å². The normalized spacial score (nSPS) is 11.9. The molecule has 1 aromatic carbocycles. The number of carbonyl (C=O) groups is 1. The minimum Gasteiger partial charge on any atom is -0.467 e. The van der Waals surface area contributed by atoms with E-state index in [4.69, 9.17) is 0 Å². The molecule has 0 fully saturated rings. The van der Waals surface area contributed by atoms with Crippen LogP contribution in [0, 0.1) is 6.92 Å². The second-order valence-electron chi connectivity index (χ2n) is 4.08. The van der Waals surface area contributed by atoms with Crippen molar-refractivity contribution in [3.8, 4) is 5.69 Å². The molecule has 19 heavy (non-hydrogen) atoms. The molecule has 7 nitrogen and oxygen atoms in total. The Balaban J connectivity index is 2.21. The van der Waals surface area contributed by atoms with Crippen LogP contribution in [0.3, 0.4) is 0 Å². The molecule has 0 aliphatic rings. The Morgan fingerprint density at radius 2 is 2.26 bits per heavy atom. The molecule has 2 aromatic rings. The van der Waals surface area contributed by atoms with Gasteiger partial charge in [-0.1, -0.05) is 6.07 Å². The number of benzene rings is 1. The molecule has 0 amide bonds. The third-order valence-corrected chi connectivity index (χ3v) is 2.65. The average molecular weight is 261 g/mol. The third kappa shape index (κ3) is 2.87. The number of hydrogen-bond donors (Lipinski definition) is 1. The predicted molar refractivity (Wildman–Crippen MR) is 69.0 cm³/mol. The van der Waals surface area contributed by atoms with Gasteiger partial charge in [0.2, 0.25) is 0 Å². The van der Waals surface area contributed by atoms with Crippen molar-refractivity contribution < 1.29 is 9.53 Å². The molecule has 1 N–H and O–H groups in total. The highest BCUT2D eigenvalue weighted by Crippen LogP contribution is 2.15. The van der Waals surface area contributed by atoms with Gasteiger partial charge in [-0.15, -0.1) is 5.10 Å². The number of tetrazole rings is 1. The lowest BCUT2D eigenvalue weighted by Crippen LogP contribution is -2.27. The Morgan fingerprint density at radius 1 is 1.47 bits per heavy atom. The van der Waals surface area contributed by atoms with Crippen LogP contribution in [-0.4, -0.2) is 39.3 Å². The number of aromatic nitrogens is 4. The molecule has 0 saturated carbocycles. The van der Waals surface area contributed by atoms with Crippen LogP contribution in [0.5, 0.6) is 0 Å². The quantitative estimate of drug-likeness (QED) is 0.825. The van der Waals surface area contributed by atoms with Crippen LogP contribution in [0.1, 0.15) is 12.7 Å². The van der Waals surface area contributed by atoms with Crippen LogP contribution in [0.15, 0.2) is 24.3 Å². The Morgan fingerprint density at radius 3 is 2.89 bits per heavy atom. The summed E-state index contributed by atoms with van der Waals surface area (Å²) in [6.07, 6.45) is 0. The van der Waals surface area contributed by atoms with Crippen LogP contribution in [0.2, 0.25) is 0 Å². The lowest BCUT2D eigenvalue weighted by molar-refractivity contribution is -0.141. The van der Waals surface area contributed by atoms with Gasteiger partial charge < -0.3 is 10.1 Å². The molecule has 0 spiro atoms. The fraction of sp³-hybridized carbons (Fsp3) is 0.333. The van der Waals surface area contributed by atoms with E-state index in [2.05, 4.69) is 25.6 Å². The first kappa shape index (κ1) is 13.0. The first-order valence-corrected chi connectivity index (χ1v) is 5.81. The molecule has 100 valence electrons. The van der Waals surface area contributed by atoms with Gasteiger partial charge >= 0.3 is 5.97 Å². The van der Waals surface area contributed by atoms with E-state index in [9.17, 15) is 4.79 Å². The van der Waals surface area contributed by atoms with Crippen molar-refractivity contribution in [3.63, 3.8) is 0 Å². The standard InChI is InChI=1S/C12H15N5O2/c1-8(12(18)19-3)13-10-5-4-6-11(7-10)17-9(2)14-15-16-17/h4-8,13H,1-3H3. The lowest BCUT2D eigenvalue weighted by Gasteiger charge is -2.13. The third-order valence-electron chi connectivity index (χ3n) is 2.65. The van der Waals surface area contributed by atoms with E-state index in [0.29, 0.717) is 5.82 Å². The van der Waals surface area contributed by atoms with Crippen molar-refractivity contribution >= 4 is 11.7 Å². The minimum atomic E-state index is -0.421. The van der Waals surface area contributed by atoms with E-state index in [1.807, 2.05) is 31.2 Å². The van der Waals surface area contributed by atoms with Crippen molar-refractivity contribution in [2.75, 3.05) is 12.4 Å². The van der Waals surface area contributed by atoms with Crippen molar-refractivity contribution in [1.82, 2.24) is 20.2 Å². The number of carbonyl (C=O) groups excluding carboxylic acids is 1. The summed E-state index contributed by atoms with van der Waals surface area (Å²) in [4.78, 5) is 11.4. The first-order chi connectivity index (χ1) is 9.11. The van der Waals surface area contributed by atoms with Gasteiger partial charge in [0, 0.05) is 5.69 Å². The van der Waals surface area contributed by atoms with E-state index in [0.717, 1.165) is 11.4 Å². The van der Waals surface area contributed by atoms with Gasteiger partial charge in [-0.25, -0.2) is 4.79 Å². The summed E-state index contributed by atoms with van der Waals surface area (Å²) in [5.74, 6) is 0.377. The molecule has 7 heteroatoms. The summed E-state index contributed by atoms with van der Waals surface area (Å²) >= 11 is 0. The predicted octanol–water partition coefficient (Wildman–Crippen LogP) is 0.944. The highest BCUT2D eigenvalue weighted by atomic mass is 16.5. The van der Waals surface area contributed by atoms with Gasteiger partial charge in [0.05, 0.1) is 12.8 Å². The van der Waals surface area contributed by atoms with Gasteiger partial charge in [-0.05, 0) is 42.5 Å². The van der Waals surface area contributed by atoms with Crippen molar-refractivity contribution in [1.29, 1.82) is 0 Å². The van der Waals surface area contributed by atoms with Gasteiger partial charge in [-0.2, -0.15) is 4.68 Å². The zero-order chi connectivity index (χ0) is 13.8. The Bertz CT molecular complexity index is 581. The largest absolute Gasteiger partial charge is 0.467 e. The van der Waals surface area contributed by atoms with Gasteiger partial charge in [0.15, 0.2) is 5.82 Å². The summed E-state index contributed by atoms with van der Waals surface area (Å²) in [7, 11) is 1.36. The monoisotopic (exact) mass is 261 g/mol. The molecule has 0 saturated heterocycles. The van der Waals surface area contributed by atoms with E-state index in [1.54, 1.807) is 11.6 Å². The lowest BCUT2D eigenvalue weighted by atomic mass is 10.2. The highest BCUT2D eigenvalue weighted by Gasteiger charge is 2.13. The number of hydrogen-bond acceptors (Lipinski definition) is 6. The summed E-state index contributed by atoms with van der Waals surface area (Å²) in [5, 5.41) is 14.4. The van der Waals surface area contributed by atoms with Gasteiger partial charge in [0.1, 0.15) is 6.04 Å². The molecular weight excluding hydrogens is 246 g/mol. The Kier molecular flexibility index (Phi) is 3.74. The van der Waals surface area contributed by atoms with Gasteiger partial charge in [-0.3, -0.25) is 0 Å². The summed E-state index contributed by atoms with van der Waals surface area (Å²) in [6.45, 7) is 3.55. The van der Waals surface area contributed by atoms with E-state index in [1.165, 1.54) is 7.11 Å². The van der Waals surface area contributed by atoms with Crippen LogP contribution >= 0.6 is 0 Å². The molecule has 1 heterocycles. The molecular formula is C12H15N5O2. The van der Waals surface area contributed by atoms with E-state index in [-0.39, 0.29) is 5.97 Å². The summed E-state index contributed by atoms with van der Waals surface area (Å²) < 4.78 is 6.29. The average Bonchev–Trinajstić information content (AvgIpc) is 2.84. The van der Waals surface area contributed by atoms with Crippen LogP contribution in [0.25, 0.3) is 5.69 Å². The molecule has 0 aliphatic carbocycles. The zero-order valence-corrected chi connectivity index (χ0v) is 11.0. The number of nitrogens with one attached hydrogen (secondary N) is 1. The van der Waals surface area contributed by atoms with Crippen LogP contribution in [0.4, 0.5) is 5.69 Å². The zero-order valence-electron chi connectivity index (χ0n) is 11.0. The summed E-state index contributed by atoms with van der Waals surface area (Å²) in [6, 6.07) is 7.06. The van der Waals surface area contributed by atoms with Crippen molar-refractivity contribution in [2.45, 2.75) is 19.9 Å². The van der Waals surface area contributed by atoms with E-state index < -0.39 is 6.04 Å². The molecule has 0 bridgehead atoms. The number of nitrogens with zero attached hydrogens (tertiary/aromatic N) is 4. The number of aryl methyl sites for hydroxylation is 1. The molecule has 1 aromatic heterocycles. The fourth-order valence-corrected chi connectivity index (χ4v) is 1.68. The second kappa shape index (κ2) is 5.47. The van der Waals surface area contributed by atoms with Gasteiger partial charge in [0.25, 0.3) is 0 Å². The Labute approximate surface area is 110 Å².